The third-order valence-electron chi connectivity index (χ3n) is 1.25. The van der Waals surface area contributed by atoms with E-state index in [0.29, 0.717) is 0 Å². The molecule has 0 aliphatic heterocycles. The number of hydrogen-bond acceptors (Lipinski definition) is 5. The lowest BCUT2D eigenvalue weighted by atomic mass is 10.7. The number of sulfonamides is 1. The molecule has 1 rings (SSSR count). The summed E-state index contributed by atoms with van der Waals surface area (Å²) in [4.78, 5) is -0.421. The Hall–Kier alpha value is -0.860. The van der Waals surface area contributed by atoms with Gasteiger partial charge in [0, 0.05) is 6.26 Å². The molecule has 0 atom stereocenters. The standard InChI is InChI=1S/C5H7NO5S2/c1-12(7,8)4-2-3-11-5(4)13(6,9)10/h2-3H,1H3,(H2,6,9,10). The lowest BCUT2D eigenvalue weighted by molar-refractivity contribution is 0.436. The van der Waals surface area contributed by atoms with E-state index in [-0.39, 0.29) is 0 Å². The summed E-state index contributed by atoms with van der Waals surface area (Å²) in [6.07, 6.45) is 1.82. The minimum Gasteiger partial charge on any atom is -0.451 e. The van der Waals surface area contributed by atoms with Crippen molar-refractivity contribution in [1.29, 1.82) is 0 Å². The van der Waals surface area contributed by atoms with E-state index in [0.717, 1.165) is 18.6 Å². The van der Waals surface area contributed by atoms with Crippen molar-refractivity contribution < 1.29 is 21.3 Å². The highest BCUT2D eigenvalue weighted by molar-refractivity contribution is 7.93. The average molecular weight is 225 g/mol. The van der Waals surface area contributed by atoms with Gasteiger partial charge in [0.15, 0.2) is 9.84 Å². The van der Waals surface area contributed by atoms with Gasteiger partial charge in [0.05, 0.1) is 6.26 Å². The fraction of sp³-hybridized carbons (Fsp3) is 0.200. The maximum absolute atomic E-state index is 11.0. The van der Waals surface area contributed by atoms with Gasteiger partial charge in [0.25, 0.3) is 15.1 Å². The van der Waals surface area contributed by atoms with Gasteiger partial charge in [0.1, 0.15) is 4.90 Å². The van der Waals surface area contributed by atoms with Crippen LogP contribution in [0.15, 0.2) is 26.7 Å². The van der Waals surface area contributed by atoms with Crippen molar-refractivity contribution in [2.75, 3.05) is 6.26 Å². The van der Waals surface area contributed by atoms with Crippen molar-refractivity contribution in [3.05, 3.63) is 12.3 Å². The van der Waals surface area contributed by atoms with Gasteiger partial charge in [-0.2, -0.15) is 0 Å². The number of nitrogens with two attached hydrogens (primary N) is 1. The van der Waals surface area contributed by atoms with E-state index in [4.69, 9.17) is 5.14 Å². The van der Waals surface area contributed by atoms with Gasteiger partial charge >= 0.3 is 0 Å². The van der Waals surface area contributed by atoms with Gasteiger partial charge in [0.2, 0.25) is 0 Å². The molecule has 0 aliphatic carbocycles. The molecule has 0 unspecified atom stereocenters. The van der Waals surface area contributed by atoms with E-state index < -0.39 is 29.8 Å². The molecule has 1 aromatic rings. The second-order valence-electron chi connectivity index (χ2n) is 2.39. The Morgan fingerprint density at radius 1 is 1.31 bits per heavy atom. The van der Waals surface area contributed by atoms with Crippen molar-refractivity contribution in [3.8, 4) is 0 Å². The normalized spacial score (nSPS) is 13.1. The van der Waals surface area contributed by atoms with E-state index in [1.54, 1.807) is 0 Å². The monoisotopic (exact) mass is 225 g/mol. The van der Waals surface area contributed by atoms with E-state index in [1.807, 2.05) is 0 Å². The SMILES string of the molecule is CS(=O)(=O)c1ccoc1S(N)(=O)=O. The smallest absolute Gasteiger partial charge is 0.272 e. The predicted octanol–water partition coefficient (Wildman–Crippen LogP) is -0.669. The number of rotatable bonds is 2. The molecule has 0 bridgehead atoms. The maximum Gasteiger partial charge on any atom is 0.272 e. The van der Waals surface area contributed by atoms with Gasteiger partial charge < -0.3 is 4.42 Å². The number of sulfone groups is 1. The highest BCUT2D eigenvalue weighted by Gasteiger charge is 2.24. The summed E-state index contributed by atoms with van der Waals surface area (Å²) in [5, 5.41) is 3.99. The molecule has 0 aromatic carbocycles. The Kier molecular flexibility index (Phi) is 2.22. The fourth-order valence-electron chi connectivity index (χ4n) is 0.766. The molecule has 6 nitrogen and oxygen atoms in total. The molecule has 0 amide bonds. The van der Waals surface area contributed by atoms with Crippen LogP contribution in [0, 0.1) is 0 Å². The van der Waals surface area contributed by atoms with Crippen LogP contribution < -0.4 is 5.14 Å². The summed E-state index contributed by atoms with van der Waals surface area (Å²) in [6, 6.07) is 1.04. The Bertz CT molecular complexity index is 462. The van der Waals surface area contributed by atoms with Crippen LogP contribution in [0.3, 0.4) is 0 Å². The van der Waals surface area contributed by atoms with Crippen LogP contribution in [0.25, 0.3) is 0 Å². The minimum absolute atomic E-state index is 0.421. The molecule has 8 heteroatoms. The average Bonchev–Trinajstić information content (AvgIpc) is 2.27. The summed E-state index contributed by atoms with van der Waals surface area (Å²) in [7, 11) is -7.75. The zero-order valence-electron chi connectivity index (χ0n) is 6.59. The lowest BCUT2D eigenvalue weighted by Gasteiger charge is -1.96. The maximum atomic E-state index is 11.0. The highest BCUT2D eigenvalue weighted by atomic mass is 32.2. The van der Waals surface area contributed by atoms with Crippen LogP contribution in [0.1, 0.15) is 0 Å². The van der Waals surface area contributed by atoms with E-state index in [2.05, 4.69) is 4.42 Å². The first-order valence-electron chi connectivity index (χ1n) is 3.03. The quantitative estimate of drug-likeness (QED) is 0.718. The Labute approximate surface area is 75.3 Å². The van der Waals surface area contributed by atoms with Gasteiger partial charge in [-0.3, -0.25) is 0 Å². The molecule has 0 saturated heterocycles. The van der Waals surface area contributed by atoms with Gasteiger partial charge in [-0.25, -0.2) is 22.0 Å². The Morgan fingerprint density at radius 3 is 2.15 bits per heavy atom. The van der Waals surface area contributed by atoms with Crippen LogP contribution in [-0.4, -0.2) is 23.1 Å². The second kappa shape index (κ2) is 2.82. The van der Waals surface area contributed by atoms with Gasteiger partial charge in [-0.05, 0) is 6.07 Å². The molecular formula is C5H7NO5S2. The number of furan rings is 1. The third kappa shape index (κ3) is 2.08. The molecule has 0 fully saturated rings. The summed E-state index contributed by atoms with van der Waals surface area (Å²) in [5.74, 6) is 0. The fourth-order valence-corrected chi connectivity index (χ4v) is 2.76. The molecule has 0 saturated carbocycles. The van der Waals surface area contributed by atoms with Crippen molar-refractivity contribution >= 4 is 19.9 Å². The van der Waals surface area contributed by atoms with Crippen LogP contribution in [0.5, 0.6) is 0 Å². The Balaban J connectivity index is 3.54. The molecule has 0 radical (unpaired) electrons. The molecule has 0 spiro atoms. The molecule has 1 heterocycles. The summed E-state index contributed by atoms with van der Waals surface area (Å²) < 4.78 is 48.0. The third-order valence-corrected chi connectivity index (χ3v) is 3.34. The van der Waals surface area contributed by atoms with Crippen LogP contribution in [0.2, 0.25) is 0 Å². The minimum atomic E-state index is -4.12. The number of hydrogen-bond donors (Lipinski definition) is 1. The van der Waals surface area contributed by atoms with Gasteiger partial charge in [-0.1, -0.05) is 0 Å². The predicted molar refractivity (Wildman–Crippen MR) is 43.2 cm³/mol. The molecular weight excluding hydrogens is 218 g/mol. The largest absolute Gasteiger partial charge is 0.451 e. The van der Waals surface area contributed by atoms with Crippen LogP contribution >= 0.6 is 0 Å². The molecule has 2 N–H and O–H groups in total. The lowest BCUT2D eigenvalue weighted by Crippen LogP contribution is -2.14. The summed E-state index contributed by atoms with van der Waals surface area (Å²) >= 11 is 0. The highest BCUT2D eigenvalue weighted by Crippen LogP contribution is 2.20. The van der Waals surface area contributed by atoms with Crippen LogP contribution in [-0.2, 0) is 19.9 Å². The van der Waals surface area contributed by atoms with E-state index in [1.165, 1.54) is 0 Å². The first-order valence-corrected chi connectivity index (χ1v) is 6.47. The van der Waals surface area contributed by atoms with Crippen molar-refractivity contribution in [3.63, 3.8) is 0 Å². The van der Waals surface area contributed by atoms with Crippen molar-refractivity contribution in [2.45, 2.75) is 9.99 Å². The molecule has 1 aromatic heterocycles. The topological polar surface area (TPSA) is 107 Å². The molecule has 74 valence electrons. The zero-order valence-corrected chi connectivity index (χ0v) is 8.22. The second-order valence-corrected chi connectivity index (χ2v) is 5.83. The Morgan fingerprint density at radius 2 is 1.85 bits per heavy atom. The van der Waals surface area contributed by atoms with Crippen LogP contribution in [0.4, 0.5) is 0 Å². The van der Waals surface area contributed by atoms with E-state index >= 15 is 0 Å². The zero-order chi connectivity index (χ0) is 10.3. The van der Waals surface area contributed by atoms with Gasteiger partial charge in [-0.15, -0.1) is 0 Å². The van der Waals surface area contributed by atoms with E-state index in [9.17, 15) is 16.8 Å². The molecule has 0 aliphatic rings. The number of primary sulfonamides is 1. The first kappa shape index (κ1) is 10.2. The first-order chi connectivity index (χ1) is 5.73. The van der Waals surface area contributed by atoms with Crippen molar-refractivity contribution in [1.82, 2.24) is 0 Å². The molecule has 13 heavy (non-hydrogen) atoms. The summed E-state index contributed by atoms with van der Waals surface area (Å²) in [6.45, 7) is 0. The summed E-state index contributed by atoms with van der Waals surface area (Å²) in [5.41, 5.74) is 0. The van der Waals surface area contributed by atoms with Crippen molar-refractivity contribution in [2.24, 2.45) is 5.14 Å².